The summed E-state index contributed by atoms with van der Waals surface area (Å²) < 4.78 is 11.4. The summed E-state index contributed by atoms with van der Waals surface area (Å²) in [6.07, 6.45) is 0.692. The molecule has 0 radical (unpaired) electrons. The normalized spacial score (nSPS) is 18.8. The lowest BCUT2D eigenvalue weighted by Crippen LogP contribution is -2.43. The van der Waals surface area contributed by atoms with E-state index in [4.69, 9.17) is 21.1 Å². The van der Waals surface area contributed by atoms with Gasteiger partial charge in [-0.25, -0.2) is 0 Å². The van der Waals surface area contributed by atoms with Crippen molar-refractivity contribution in [3.05, 3.63) is 53.1 Å². The Morgan fingerprint density at radius 2 is 2.00 bits per heavy atom. The van der Waals surface area contributed by atoms with E-state index in [1.54, 1.807) is 7.11 Å². The minimum atomic E-state index is -0.355. The van der Waals surface area contributed by atoms with Crippen molar-refractivity contribution >= 4 is 29.3 Å². The van der Waals surface area contributed by atoms with Gasteiger partial charge in [0.1, 0.15) is 17.1 Å². The van der Waals surface area contributed by atoms with Gasteiger partial charge >= 0.3 is 0 Å². The molecule has 0 aliphatic carbocycles. The molecule has 0 saturated carbocycles. The Kier molecular flexibility index (Phi) is 5.92. The molecule has 1 aliphatic heterocycles. The first-order chi connectivity index (χ1) is 12.8. The van der Waals surface area contributed by atoms with Gasteiger partial charge in [-0.2, -0.15) is 0 Å². The second-order valence-electron chi connectivity index (χ2n) is 7.24. The quantitative estimate of drug-likeness (QED) is 0.690. The number of hydrogen-bond acceptors (Lipinski definition) is 4. The molecule has 4 nitrogen and oxygen atoms in total. The Balaban J connectivity index is 1.75. The van der Waals surface area contributed by atoms with Crippen molar-refractivity contribution < 1.29 is 14.3 Å². The van der Waals surface area contributed by atoms with E-state index in [9.17, 15) is 4.79 Å². The Bertz CT molecular complexity index is 823. The maximum atomic E-state index is 12.8. The van der Waals surface area contributed by atoms with E-state index in [0.717, 1.165) is 22.0 Å². The fraction of sp³-hybridized carbons (Fsp3) is 0.381. The molecule has 1 heterocycles. The van der Waals surface area contributed by atoms with Crippen molar-refractivity contribution in [2.45, 2.75) is 49.0 Å². The summed E-state index contributed by atoms with van der Waals surface area (Å²) in [4.78, 5) is 13.8. The summed E-state index contributed by atoms with van der Waals surface area (Å²) in [6, 6.07) is 13.1. The van der Waals surface area contributed by atoms with Gasteiger partial charge in [0.05, 0.1) is 18.4 Å². The zero-order valence-electron chi connectivity index (χ0n) is 15.9. The smallest absolute Gasteiger partial charge is 0.233 e. The molecule has 0 unspecified atom stereocenters. The number of ether oxygens (including phenoxy) is 2. The van der Waals surface area contributed by atoms with Gasteiger partial charge in [0.15, 0.2) is 0 Å². The Labute approximate surface area is 169 Å². The van der Waals surface area contributed by atoms with Crippen LogP contribution < -0.4 is 14.8 Å². The van der Waals surface area contributed by atoms with Crippen LogP contribution in [0.25, 0.3) is 0 Å². The van der Waals surface area contributed by atoms with Gasteiger partial charge in [-0.3, -0.25) is 4.79 Å². The standard InChI is InChI=1S/C21H24ClNO3S/c1-13(27-16-8-5-14(22)6-9-16)20(24)23-18-12-21(2,3)26-19-10-7-15(25-4)11-17(18)19/h5-11,13,18H,12H2,1-4H3,(H,23,24)/t13-,18-/m1/s1. The van der Waals surface area contributed by atoms with Gasteiger partial charge < -0.3 is 14.8 Å². The number of rotatable bonds is 5. The molecular formula is C21H24ClNO3S. The lowest BCUT2D eigenvalue weighted by atomic mass is 9.89. The average Bonchev–Trinajstić information content (AvgIpc) is 2.62. The molecular weight excluding hydrogens is 382 g/mol. The van der Waals surface area contributed by atoms with Crippen LogP contribution in [0.5, 0.6) is 11.5 Å². The number of amides is 1. The van der Waals surface area contributed by atoms with Crippen molar-refractivity contribution in [2.24, 2.45) is 0 Å². The summed E-state index contributed by atoms with van der Waals surface area (Å²) >= 11 is 7.44. The summed E-state index contributed by atoms with van der Waals surface area (Å²) in [5.74, 6) is 1.53. The number of halogens is 1. The minimum absolute atomic E-state index is 0.00794. The molecule has 0 saturated heterocycles. The second-order valence-corrected chi connectivity index (χ2v) is 9.10. The van der Waals surface area contributed by atoms with Gasteiger partial charge in [0.25, 0.3) is 0 Å². The van der Waals surface area contributed by atoms with Crippen molar-refractivity contribution in [1.29, 1.82) is 0 Å². The summed E-state index contributed by atoms with van der Waals surface area (Å²) in [6.45, 7) is 5.97. The van der Waals surface area contributed by atoms with Gasteiger partial charge in [0.2, 0.25) is 5.91 Å². The molecule has 2 aromatic rings. The molecule has 1 aliphatic rings. The molecule has 0 spiro atoms. The summed E-state index contributed by atoms with van der Waals surface area (Å²) in [7, 11) is 1.63. The van der Waals surface area contributed by atoms with Gasteiger partial charge in [-0.05, 0) is 63.2 Å². The molecule has 2 aromatic carbocycles. The van der Waals surface area contributed by atoms with Crippen LogP contribution in [0.3, 0.4) is 0 Å². The maximum Gasteiger partial charge on any atom is 0.233 e. The van der Waals surface area contributed by atoms with Gasteiger partial charge in [-0.1, -0.05) is 11.6 Å². The maximum absolute atomic E-state index is 12.8. The van der Waals surface area contributed by atoms with E-state index in [0.29, 0.717) is 11.4 Å². The predicted octanol–water partition coefficient (Wildman–Crippen LogP) is 5.25. The second kappa shape index (κ2) is 8.03. The third kappa shape index (κ3) is 4.90. The highest BCUT2D eigenvalue weighted by atomic mass is 35.5. The van der Waals surface area contributed by atoms with Crippen LogP contribution in [0.2, 0.25) is 5.02 Å². The van der Waals surface area contributed by atoms with Crippen LogP contribution in [0.15, 0.2) is 47.4 Å². The fourth-order valence-corrected chi connectivity index (χ4v) is 4.15. The number of benzene rings is 2. The van der Waals surface area contributed by atoms with E-state index >= 15 is 0 Å². The monoisotopic (exact) mass is 405 g/mol. The van der Waals surface area contributed by atoms with Gasteiger partial charge in [0, 0.05) is 21.9 Å². The molecule has 0 aromatic heterocycles. The van der Waals surface area contributed by atoms with E-state index in [-0.39, 0.29) is 22.8 Å². The number of thioether (sulfide) groups is 1. The number of carbonyl (C=O) groups excluding carboxylic acids is 1. The first-order valence-electron chi connectivity index (χ1n) is 8.87. The third-order valence-corrected chi connectivity index (χ3v) is 5.85. The van der Waals surface area contributed by atoms with Crippen LogP contribution in [0.4, 0.5) is 0 Å². The number of methoxy groups -OCH3 is 1. The van der Waals surface area contributed by atoms with E-state index in [2.05, 4.69) is 5.32 Å². The summed E-state index contributed by atoms with van der Waals surface area (Å²) in [5, 5.41) is 3.65. The molecule has 6 heteroatoms. The minimum Gasteiger partial charge on any atom is -0.497 e. The van der Waals surface area contributed by atoms with Crippen molar-refractivity contribution in [2.75, 3.05) is 7.11 Å². The van der Waals surface area contributed by atoms with E-state index in [1.807, 2.05) is 63.2 Å². The Hall–Kier alpha value is -1.85. The average molecular weight is 406 g/mol. The van der Waals surface area contributed by atoms with Crippen LogP contribution in [-0.2, 0) is 4.79 Å². The molecule has 3 rings (SSSR count). The number of hydrogen-bond donors (Lipinski definition) is 1. The number of nitrogens with one attached hydrogen (secondary N) is 1. The van der Waals surface area contributed by atoms with Crippen LogP contribution in [-0.4, -0.2) is 23.9 Å². The largest absolute Gasteiger partial charge is 0.497 e. The van der Waals surface area contributed by atoms with Crippen LogP contribution in [0.1, 0.15) is 38.8 Å². The molecule has 1 amide bonds. The van der Waals surface area contributed by atoms with E-state index in [1.165, 1.54) is 11.8 Å². The topological polar surface area (TPSA) is 47.6 Å². The molecule has 0 bridgehead atoms. The molecule has 1 N–H and O–H groups in total. The molecule has 144 valence electrons. The van der Waals surface area contributed by atoms with Gasteiger partial charge in [-0.15, -0.1) is 11.8 Å². The lowest BCUT2D eigenvalue weighted by molar-refractivity contribution is -0.121. The highest BCUT2D eigenvalue weighted by Crippen LogP contribution is 2.41. The van der Waals surface area contributed by atoms with Crippen LogP contribution in [0, 0.1) is 0 Å². The highest BCUT2D eigenvalue weighted by molar-refractivity contribution is 8.00. The fourth-order valence-electron chi connectivity index (χ4n) is 3.15. The number of fused-ring (bicyclic) bond motifs is 1. The lowest BCUT2D eigenvalue weighted by Gasteiger charge is -2.38. The first-order valence-corrected chi connectivity index (χ1v) is 10.1. The molecule has 0 fully saturated rings. The third-order valence-electron chi connectivity index (χ3n) is 4.49. The first kappa shape index (κ1) is 19.9. The molecule has 27 heavy (non-hydrogen) atoms. The predicted molar refractivity (Wildman–Crippen MR) is 110 cm³/mol. The summed E-state index contributed by atoms with van der Waals surface area (Å²) in [5.41, 5.74) is 0.595. The van der Waals surface area contributed by atoms with Crippen molar-refractivity contribution in [3.63, 3.8) is 0 Å². The number of carbonyl (C=O) groups is 1. The Morgan fingerprint density at radius 3 is 2.67 bits per heavy atom. The van der Waals surface area contributed by atoms with E-state index < -0.39 is 0 Å². The highest BCUT2D eigenvalue weighted by Gasteiger charge is 2.35. The Morgan fingerprint density at radius 1 is 1.30 bits per heavy atom. The SMILES string of the molecule is COc1ccc2c(c1)[C@H](NC(=O)[C@@H](C)Sc1ccc(Cl)cc1)CC(C)(C)O2. The van der Waals surface area contributed by atoms with Crippen molar-refractivity contribution in [1.82, 2.24) is 5.32 Å². The molecule has 2 atom stereocenters. The van der Waals surface area contributed by atoms with Crippen LogP contribution >= 0.6 is 23.4 Å². The zero-order chi connectivity index (χ0) is 19.6. The van der Waals surface area contributed by atoms with Crippen molar-refractivity contribution in [3.8, 4) is 11.5 Å². The zero-order valence-corrected chi connectivity index (χ0v) is 17.5.